The number of nitrogens with one attached hydrogen (secondary N) is 1. The van der Waals surface area contributed by atoms with Gasteiger partial charge >= 0.3 is 11.8 Å². The van der Waals surface area contributed by atoms with Gasteiger partial charge in [-0.25, -0.2) is 0 Å². The number of hydrogen-bond donors (Lipinski definition) is 2. The highest BCUT2D eigenvalue weighted by atomic mass is 16.2. The fraction of sp³-hybridized carbons (Fsp3) is 0.778. The zero-order valence-electron chi connectivity index (χ0n) is 7.71. The molecule has 74 valence electrons. The zero-order valence-corrected chi connectivity index (χ0v) is 7.71. The Labute approximate surface area is 77.9 Å². The molecule has 0 saturated heterocycles. The van der Waals surface area contributed by atoms with Crippen LogP contribution >= 0.6 is 0 Å². The Kier molecular flexibility index (Phi) is 3.73. The summed E-state index contributed by atoms with van der Waals surface area (Å²) in [5.41, 5.74) is 4.80. The molecule has 4 nitrogen and oxygen atoms in total. The molecule has 4 heteroatoms. The maximum Gasteiger partial charge on any atom is 0.309 e. The minimum atomic E-state index is -0.893. The molecule has 0 spiro atoms. The molecule has 0 heterocycles. The second-order valence-electron chi connectivity index (χ2n) is 3.58. The van der Waals surface area contributed by atoms with Gasteiger partial charge < -0.3 is 11.1 Å². The number of carbonyl (C=O) groups is 2. The lowest BCUT2D eigenvalue weighted by molar-refractivity contribution is -0.137. The second-order valence-corrected chi connectivity index (χ2v) is 3.58. The highest BCUT2D eigenvalue weighted by Gasteiger charge is 2.15. The smallest absolute Gasteiger partial charge is 0.309 e. The van der Waals surface area contributed by atoms with Crippen molar-refractivity contribution >= 4 is 11.8 Å². The molecule has 1 rings (SSSR count). The molecule has 0 unspecified atom stereocenters. The van der Waals surface area contributed by atoms with Gasteiger partial charge in [0.05, 0.1) is 0 Å². The summed E-state index contributed by atoms with van der Waals surface area (Å²) >= 11 is 0. The number of carbonyl (C=O) groups excluding carboxylic acids is 2. The summed E-state index contributed by atoms with van der Waals surface area (Å²) in [4.78, 5) is 21.2. The van der Waals surface area contributed by atoms with Gasteiger partial charge in [-0.05, 0) is 18.8 Å². The third-order valence-corrected chi connectivity index (χ3v) is 2.50. The van der Waals surface area contributed by atoms with E-state index >= 15 is 0 Å². The minimum Gasteiger partial charge on any atom is -0.361 e. The summed E-state index contributed by atoms with van der Waals surface area (Å²) in [6.07, 6.45) is 6.06. The van der Waals surface area contributed by atoms with Crippen LogP contribution in [-0.4, -0.2) is 18.4 Å². The third-order valence-electron chi connectivity index (χ3n) is 2.50. The number of hydrogen-bond acceptors (Lipinski definition) is 2. The van der Waals surface area contributed by atoms with Crippen LogP contribution in [0, 0.1) is 5.92 Å². The number of amides is 2. The van der Waals surface area contributed by atoms with E-state index in [4.69, 9.17) is 5.73 Å². The molecule has 2 amide bonds. The Morgan fingerprint density at radius 3 is 2.38 bits per heavy atom. The number of primary amides is 1. The molecule has 0 aliphatic heterocycles. The maximum atomic E-state index is 10.8. The zero-order chi connectivity index (χ0) is 9.68. The van der Waals surface area contributed by atoms with Gasteiger partial charge in [0.25, 0.3) is 0 Å². The fourth-order valence-corrected chi connectivity index (χ4v) is 1.72. The second kappa shape index (κ2) is 4.84. The van der Waals surface area contributed by atoms with Crippen LogP contribution in [0.5, 0.6) is 0 Å². The first-order valence-corrected chi connectivity index (χ1v) is 4.78. The molecule has 13 heavy (non-hydrogen) atoms. The minimum absolute atomic E-state index is 0.539. The molecule has 1 fully saturated rings. The Hall–Kier alpha value is -1.06. The first-order chi connectivity index (χ1) is 6.20. The van der Waals surface area contributed by atoms with E-state index < -0.39 is 11.8 Å². The van der Waals surface area contributed by atoms with Crippen LogP contribution in [0.25, 0.3) is 0 Å². The monoisotopic (exact) mass is 184 g/mol. The third kappa shape index (κ3) is 3.44. The normalized spacial score (nSPS) is 18.2. The summed E-state index contributed by atoms with van der Waals surface area (Å²) < 4.78 is 0. The molecule has 1 aliphatic rings. The Morgan fingerprint density at radius 1 is 1.23 bits per heavy atom. The van der Waals surface area contributed by atoms with E-state index in [1.54, 1.807) is 0 Å². The summed E-state index contributed by atoms with van der Waals surface area (Å²) in [6, 6.07) is 0. The molecule has 0 aromatic heterocycles. The number of nitrogens with two attached hydrogens (primary N) is 1. The molecule has 0 atom stereocenters. The van der Waals surface area contributed by atoms with Crippen molar-refractivity contribution in [3.63, 3.8) is 0 Å². The predicted octanol–water partition coefficient (Wildman–Crippen LogP) is 0.168. The van der Waals surface area contributed by atoms with E-state index in [1.807, 2.05) is 0 Å². The van der Waals surface area contributed by atoms with Crippen LogP contribution in [0.15, 0.2) is 0 Å². The Morgan fingerprint density at radius 2 is 1.85 bits per heavy atom. The summed E-state index contributed by atoms with van der Waals surface area (Å²) in [5, 5.41) is 2.54. The van der Waals surface area contributed by atoms with Gasteiger partial charge in [-0.15, -0.1) is 0 Å². The summed E-state index contributed by atoms with van der Waals surface area (Å²) in [5.74, 6) is -1.02. The summed E-state index contributed by atoms with van der Waals surface area (Å²) in [7, 11) is 0. The lowest BCUT2D eigenvalue weighted by Gasteiger charge is -2.21. The standard InChI is InChI=1S/C9H16N2O2/c10-8(12)9(13)11-6-7-4-2-1-3-5-7/h7H,1-6H2,(H2,10,12)(H,11,13). The first kappa shape index (κ1) is 10.0. The van der Waals surface area contributed by atoms with Crippen molar-refractivity contribution < 1.29 is 9.59 Å². The lowest BCUT2D eigenvalue weighted by Crippen LogP contribution is -2.38. The van der Waals surface area contributed by atoms with Gasteiger partial charge in [-0.1, -0.05) is 19.3 Å². The predicted molar refractivity (Wildman–Crippen MR) is 48.8 cm³/mol. The molecule has 0 radical (unpaired) electrons. The SMILES string of the molecule is NC(=O)C(=O)NCC1CCCCC1. The van der Waals surface area contributed by atoms with Gasteiger partial charge in [-0.2, -0.15) is 0 Å². The van der Waals surface area contributed by atoms with Crippen molar-refractivity contribution in [1.29, 1.82) is 0 Å². The average Bonchev–Trinajstić information content (AvgIpc) is 2.15. The van der Waals surface area contributed by atoms with Gasteiger partial charge in [0.15, 0.2) is 0 Å². The molecule has 0 aromatic rings. The van der Waals surface area contributed by atoms with Crippen LogP contribution in [0.2, 0.25) is 0 Å². The molecular formula is C9H16N2O2. The van der Waals surface area contributed by atoms with Crippen LogP contribution in [0.1, 0.15) is 32.1 Å². The molecule has 0 aromatic carbocycles. The van der Waals surface area contributed by atoms with Gasteiger partial charge in [0.2, 0.25) is 0 Å². The van der Waals surface area contributed by atoms with E-state index in [-0.39, 0.29) is 0 Å². The molecule has 0 bridgehead atoms. The van der Waals surface area contributed by atoms with E-state index in [0.29, 0.717) is 12.5 Å². The van der Waals surface area contributed by atoms with Crippen molar-refractivity contribution in [1.82, 2.24) is 5.32 Å². The maximum absolute atomic E-state index is 10.8. The van der Waals surface area contributed by atoms with Gasteiger partial charge in [0.1, 0.15) is 0 Å². The lowest BCUT2D eigenvalue weighted by atomic mass is 9.89. The van der Waals surface area contributed by atoms with Crippen molar-refractivity contribution in [2.75, 3.05) is 6.54 Å². The molecular weight excluding hydrogens is 168 g/mol. The van der Waals surface area contributed by atoms with E-state index in [0.717, 1.165) is 12.8 Å². The largest absolute Gasteiger partial charge is 0.361 e. The highest BCUT2D eigenvalue weighted by molar-refractivity contribution is 6.34. The van der Waals surface area contributed by atoms with E-state index in [1.165, 1.54) is 19.3 Å². The highest BCUT2D eigenvalue weighted by Crippen LogP contribution is 2.22. The van der Waals surface area contributed by atoms with Gasteiger partial charge in [0, 0.05) is 6.54 Å². The van der Waals surface area contributed by atoms with Crippen LogP contribution < -0.4 is 11.1 Å². The fourth-order valence-electron chi connectivity index (χ4n) is 1.72. The van der Waals surface area contributed by atoms with E-state index in [9.17, 15) is 9.59 Å². The first-order valence-electron chi connectivity index (χ1n) is 4.78. The Balaban J connectivity index is 2.17. The van der Waals surface area contributed by atoms with Crippen molar-refractivity contribution in [3.8, 4) is 0 Å². The van der Waals surface area contributed by atoms with Gasteiger partial charge in [-0.3, -0.25) is 9.59 Å². The van der Waals surface area contributed by atoms with Crippen LogP contribution in [-0.2, 0) is 9.59 Å². The van der Waals surface area contributed by atoms with Crippen molar-refractivity contribution in [2.45, 2.75) is 32.1 Å². The van der Waals surface area contributed by atoms with Crippen LogP contribution in [0.4, 0.5) is 0 Å². The average molecular weight is 184 g/mol. The quantitative estimate of drug-likeness (QED) is 0.600. The molecule has 1 aliphatic carbocycles. The number of rotatable bonds is 2. The summed E-state index contributed by atoms with van der Waals surface area (Å²) in [6.45, 7) is 0.599. The molecule has 3 N–H and O–H groups in total. The van der Waals surface area contributed by atoms with E-state index in [2.05, 4.69) is 5.32 Å². The Bertz CT molecular complexity index is 198. The molecule has 1 saturated carbocycles. The van der Waals surface area contributed by atoms with Crippen molar-refractivity contribution in [3.05, 3.63) is 0 Å². The topological polar surface area (TPSA) is 72.2 Å². The van der Waals surface area contributed by atoms with Crippen molar-refractivity contribution in [2.24, 2.45) is 11.7 Å². The van der Waals surface area contributed by atoms with Crippen LogP contribution in [0.3, 0.4) is 0 Å².